The molecule has 1 unspecified atom stereocenters. The first-order valence-corrected chi connectivity index (χ1v) is 9.30. The van der Waals surface area contributed by atoms with Gasteiger partial charge in [0.05, 0.1) is 19.0 Å². The number of aliphatic hydroxyl groups is 1. The van der Waals surface area contributed by atoms with Crippen molar-refractivity contribution in [1.29, 1.82) is 0 Å². The molecule has 3 rings (SSSR count). The predicted octanol–water partition coefficient (Wildman–Crippen LogP) is 0.0288. The molecule has 12 nitrogen and oxygen atoms in total. The lowest BCUT2D eigenvalue weighted by atomic mass is 10.2. The Bertz CT molecular complexity index is 926. The number of carbonyl (C=O) groups excluding carboxylic acids is 1. The number of fused-ring (bicyclic) bond motifs is 1. The summed E-state index contributed by atoms with van der Waals surface area (Å²) in [6.07, 6.45) is -0.951. The molecule has 27 heavy (non-hydrogen) atoms. The Morgan fingerprint density at radius 2 is 2.33 bits per heavy atom. The number of H-pyrrole nitrogens is 1. The van der Waals surface area contributed by atoms with Gasteiger partial charge in [-0.2, -0.15) is 4.98 Å². The van der Waals surface area contributed by atoms with E-state index in [1.54, 1.807) is 13.8 Å². The molecule has 1 saturated heterocycles. The number of aliphatic hydroxyl groups excluding tert-OH is 1. The number of imidazole rings is 1. The summed E-state index contributed by atoms with van der Waals surface area (Å²) in [7, 11) is -2.90. The molecule has 13 heteroatoms. The van der Waals surface area contributed by atoms with Crippen molar-refractivity contribution in [2.24, 2.45) is 5.92 Å². The van der Waals surface area contributed by atoms with Gasteiger partial charge in [0, 0.05) is 16.9 Å². The lowest BCUT2D eigenvalue weighted by Crippen LogP contribution is -2.24. The first-order chi connectivity index (χ1) is 12.8. The highest BCUT2D eigenvalue weighted by molar-refractivity contribution is 7.32. The van der Waals surface area contributed by atoms with E-state index < -0.39 is 32.2 Å². The van der Waals surface area contributed by atoms with Gasteiger partial charge in [-0.25, -0.2) is 4.98 Å². The summed E-state index contributed by atoms with van der Waals surface area (Å²) in [6.45, 7) is 3.07. The Labute approximate surface area is 153 Å². The first kappa shape index (κ1) is 19.5. The third-order valence-electron chi connectivity index (χ3n) is 4.05. The van der Waals surface area contributed by atoms with Gasteiger partial charge in [0.2, 0.25) is 11.9 Å². The molecule has 4 atom stereocenters. The van der Waals surface area contributed by atoms with Crippen molar-refractivity contribution in [2.45, 2.75) is 38.7 Å². The summed E-state index contributed by atoms with van der Waals surface area (Å²) in [4.78, 5) is 43.8. The second kappa shape index (κ2) is 7.79. The topological polar surface area (TPSA) is 169 Å². The summed E-state index contributed by atoms with van der Waals surface area (Å²) >= 11 is 0. The molecule has 0 saturated carbocycles. The van der Waals surface area contributed by atoms with Crippen molar-refractivity contribution in [3.63, 3.8) is 0 Å². The summed E-state index contributed by atoms with van der Waals surface area (Å²) in [5.41, 5.74) is -0.468. The smallest absolute Gasteiger partial charge is 0.394 e. The molecule has 0 spiro atoms. The highest BCUT2D eigenvalue weighted by atomic mass is 31.1. The van der Waals surface area contributed by atoms with Crippen molar-refractivity contribution in [3.05, 3.63) is 16.7 Å². The molecule has 1 fully saturated rings. The fraction of sp³-hybridized carbons (Fsp3) is 0.571. The maximum Gasteiger partial charge on any atom is 0.695 e. The lowest BCUT2D eigenvalue weighted by Gasteiger charge is -2.16. The number of anilines is 1. The van der Waals surface area contributed by atoms with Crippen LogP contribution >= 0.6 is 8.25 Å². The van der Waals surface area contributed by atoms with Crippen molar-refractivity contribution >= 4 is 31.3 Å². The Hall–Kier alpha value is -2.24. The zero-order valence-corrected chi connectivity index (χ0v) is 15.4. The van der Waals surface area contributed by atoms with Crippen molar-refractivity contribution in [3.8, 4) is 0 Å². The van der Waals surface area contributed by atoms with Gasteiger partial charge in [-0.15, -0.1) is 9.42 Å². The van der Waals surface area contributed by atoms with Crippen LogP contribution in [0.4, 0.5) is 5.95 Å². The molecule has 1 aliphatic heterocycles. The third-order valence-corrected chi connectivity index (χ3v) is 4.50. The van der Waals surface area contributed by atoms with Crippen LogP contribution in [-0.2, 0) is 18.6 Å². The van der Waals surface area contributed by atoms with Crippen LogP contribution in [0.2, 0.25) is 0 Å². The van der Waals surface area contributed by atoms with Crippen LogP contribution in [0.25, 0.3) is 11.2 Å². The summed E-state index contributed by atoms with van der Waals surface area (Å²) in [5, 5.41) is 11.8. The minimum Gasteiger partial charge on any atom is -0.394 e. The number of nitrogens with one attached hydrogen (secondary N) is 2. The van der Waals surface area contributed by atoms with Crippen LogP contribution in [0.5, 0.6) is 0 Å². The average Bonchev–Trinajstić information content (AvgIpc) is 3.18. The number of aromatic amines is 1. The normalized spacial score (nSPS) is 23.1. The highest BCUT2D eigenvalue weighted by Gasteiger charge is 2.43. The molecule has 4 N–H and O–H groups in total. The van der Waals surface area contributed by atoms with Crippen LogP contribution in [0, 0.1) is 5.92 Å². The van der Waals surface area contributed by atoms with Crippen LogP contribution in [0.1, 0.15) is 26.5 Å². The van der Waals surface area contributed by atoms with Crippen LogP contribution in [0.3, 0.4) is 0 Å². The average molecular weight is 400 g/mol. The fourth-order valence-corrected chi connectivity index (χ4v) is 3.14. The largest absolute Gasteiger partial charge is 0.695 e. The van der Waals surface area contributed by atoms with E-state index in [1.807, 2.05) is 0 Å². The van der Waals surface area contributed by atoms with Gasteiger partial charge in [-0.05, 0) is 0 Å². The number of aromatic nitrogens is 4. The van der Waals surface area contributed by atoms with Crippen LogP contribution in [0.15, 0.2) is 11.1 Å². The Kier molecular flexibility index (Phi) is 5.63. The second-order valence-electron chi connectivity index (χ2n) is 6.33. The lowest BCUT2D eigenvalue weighted by molar-refractivity contribution is -0.118. The zero-order chi connectivity index (χ0) is 19.7. The van der Waals surface area contributed by atoms with Gasteiger partial charge in [0.1, 0.15) is 0 Å². The van der Waals surface area contributed by atoms with E-state index in [9.17, 15) is 19.3 Å². The molecular formula is C14H19N5O7P+. The number of amides is 1. The van der Waals surface area contributed by atoms with E-state index in [-0.39, 0.29) is 42.0 Å². The van der Waals surface area contributed by atoms with Crippen molar-refractivity contribution in [1.82, 2.24) is 19.5 Å². The Balaban J connectivity index is 2.01. The van der Waals surface area contributed by atoms with Gasteiger partial charge in [0.25, 0.3) is 5.56 Å². The zero-order valence-electron chi connectivity index (χ0n) is 14.5. The van der Waals surface area contributed by atoms with E-state index in [4.69, 9.17) is 14.2 Å². The second-order valence-corrected chi connectivity index (χ2v) is 7.02. The van der Waals surface area contributed by atoms with Crippen molar-refractivity contribution < 1.29 is 28.6 Å². The van der Waals surface area contributed by atoms with E-state index in [2.05, 4.69) is 20.3 Å². The molecule has 146 valence electrons. The molecule has 0 bridgehead atoms. The highest BCUT2D eigenvalue weighted by Crippen LogP contribution is 2.37. The third kappa shape index (κ3) is 4.04. The molecule has 2 aromatic rings. The minimum atomic E-state index is -2.90. The summed E-state index contributed by atoms with van der Waals surface area (Å²) < 4.78 is 23.1. The monoisotopic (exact) mass is 400 g/mol. The van der Waals surface area contributed by atoms with Crippen molar-refractivity contribution in [2.75, 3.05) is 11.9 Å². The summed E-state index contributed by atoms with van der Waals surface area (Å²) in [6, 6.07) is 0. The maximum atomic E-state index is 12.2. The van der Waals surface area contributed by atoms with Crippen LogP contribution < -0.4 is 10.9 Å². The van der Waals surface area contributed by atoms with Gasteiger partial charge >= 0.3 is 8.25 Å². The van der Waals surface area contributed by atoms with E-state index in [0.29, 0.717) is 0 Å². The Morgan fingerprint density at radius 1 is 1.59 bits per heavy atom. The van der Waals surface area contributed by atoms with E-state index in [0.717, 1.165) is 0 Å². The molecule has 0 radical (unpaired) electrons. The first-order valence-electron chi connectivity index (χ1n) is 8.17. The van der Waals surface area contributed by atoms with Gasteiger partial charge in [-0.1, -0.05) is 13.8 Å². The number of ether oxygens (including phenoxy) is 1. The Morgan fingerprint density at radius 3 is 2.96 bits per heavy atom. The van der Waals surface area contributed by atoms with Gasteiger partial charge < -0.3 is 9.84 Å². The fourth-order valence-electron chi connectivity index (χ4n) is 2.72. The standard InChI is InChI=1S/C14H18N5O7P/c1-6(2)11(21)17-14-16-10-9(12(22)18-14)15-5-19(10)13-8(26-27(23)24)3-7(4-20)25-13/h5-8,13,20H,3-4H2,1-2H3,(H2-,16,17,18,21,22,23,24)/p+1/t7-,8-,13+/m0/s1. The van der Waals surface area contributed by atoms with Gasteiger partial charge in [-0.3, -0.25) is 24.5 Å². The van der Waals surface area contributed by atoms with Crippen LogP contribution in [-0.4, -0.2) is 54.2 Å². The molecule has 0 aromatic carbocycles. The number of carbonyl (C=O) groups is 1. The minimum absolute atomic E-state index is 0.000676. The molecule has 1 aliphatic rings. The number of hydrogen-bond donors (Lipinski definition) is 4. The predicted molar refractivity (Wildman–Crippen MR) is 91.9 cm³/mol. The quantitative estimate of drug-likeness (QED) is 0.489. The number of rotatable bonds is 6. The maximum absolute atomic E-state index is 12.2. The SMILES string of the molecule is CC(C)C(=O)Nc1nc2c(ncn2[C@@H]2O[C@H](CO)C[C@@H]2O[P+](=O)O)c(=O)[nH]1. The number of hydrogen-bond acceptors (Lipinski definition) is 8. The molecule has 0 aliphatic carbocycles. The molecule has 1 amide bonds. The van der Waals surface area contributed by atoms with E-state index >= 15 is 0 Å². The summed E-state index contributed by atoms with van der Waals surface area (Å²) in [5.74, 6) is -0.715. The molecule has 3 heterocycles. The number of nitrogens with zero attached hydrogens (tertiary/aromatic N) is 3. The molecular weight excluding hydrogens is 381 g/mol. The molecule has 2 aromatic heterocycles. The van der Waals surface area contributed by atoms with Gasteiger partial charge in [0.15, 0.2) is 23.5 Å². The van der Waals surface area contributed by atoms with E-state index in [1.165, 1.54) is 10.9 Å².